The second kappa shape index (κ2) is 7.28. The summed E-state index contributed by atoms with van der Waals surface area (Å²) < 4.78 is 0. The predicted molar refractivity (Wildman–Crippen MR) is 112 cm³/mol. The van der Waals surface area contributed by atoms with Crippen LogP contribution in [0.5, 0.6) is 0 Å². The molecule has 0 aliphatic rings. The van der Waals surface area contributed by atoms with E-state index in [9.17, 15) is 0 Å². The molecule has 0 bridgehead atoms. The molecular weight excluding hydrogens is 314 g/mol. The zero-order valence-corrected chi connectivity index (χ0v) is 14.8. The summed E-state index contributed by atoms with van der Waals surface area (Å²) in [6.45, 7) is 2.13. The number of rotatable bonds is 4. The van der Waals surface area contributed by atoms with Gasteiger partial charge in [0.1, 0.15) is 0 Å². The molecule has 4 rings (SSSR count). The van der Waals surface area contributed by atoms with Crippen LogP contribution in [0.4, 0.5) is 11.4 Å². The lowest BCUT2D eigenvalue weighted by Crippen LogP contribution is -1.94. The monoisotopic (exact) mass is 335 g/mol. The van der Waals surface area contributed by atoms with Crippen molar-refractivity contribution in [1.29, 1.82) is 0 Å². The third-order valence-electron chi connectivity index (χ3n) is 4.51. The fourth-order valence-corrected chi connectivity index (χ4v) is 3.20. The van der Waals surface area contributed by atoms with Gasteiger partial charge in [-0.05, 0) is 41.8 Å². The van der Waals surface area contributed by atoms with Crippen molar-refractivity contribution in [2.45, 2.75) is 6.92 Å². The van der Waals surface area contributed by atoms with Gasteiger partial charge >= 0.3 is 0 Å². The van der Waals surface area contributed by atoms with Gasteiger partial charge in [-0.2, -0.15) is 0 Å². The quantitative estimate of drug-likeness (QED) is 0.420. The highest BCUT2D eigenvalue weighted by atomic mass is 14.9. The molecule has 4 aromatic rings. The van der Waals surface area contributed by atoms with Gasteiger partial charge in [-0.15, -0.1) is 0 Å². The van der Waals surface area contributed by atoms with Crippen LogP contribution in [0, 0.1) is 6.92 Å². The molecule has 0 radical (unpaired) electrons. The van der Waals surface area contributed by atoms with Gasteiger partial charge in [0.25, 0.3) is 0 Å². The highest BCUT2D eigenvalue weighted by Crippen LogP contribution is 2.34. The minimum Gasteiger partial charge on any atom is -0.355 e. The number of aryl methyl sites for hydroxylation is 1. The summed E-state index contributed by atoms with van der Waals surface area (Å²) in [6, 6.07) is 36.1. The topological polar surface area (TPSA) is 12.0 Å². The molecule has 0 spiro atoms. The molecule has 0 heterocycles. The molecule has 0 aliphatic heterocycles. The van der Waals surface area contributed by atoms with E-state index >= 15 is 0 Å². The van der Waals surface area contributed by atoms with Crippen molar-refractivity contribution in [3.05, 3.63) is 109 Å². The highest BCUT2D eigenvalue weighted by Gasteiger charge is 2.08. The Labute approximate surface area is 155 Å². The van der Waals surface area contributed by atoms with Gasteiger partial charge in [0.2, 0.25) is 0 Å². The van der Waals surface area contributed by atoms with Gasteiger partial charge in [-0.1, -0.05) is 90.5 Å². The van der Waals surface area contributed by atoms with E-state index in [0.717, 1.165) is 11.4 Å². The smallest absolute Gasteiger partial charge is 0.0470 e. The Morgan fingerprint density at radius 2 is 1.19 bits per heavy atom. The fourth-order valence-electron chi connectivity index (χ4n) is 3.20. The number of nitrogens with one attached hydrogen (secondary N) is 1. The van der Waals surface area contributed by atoms with E-state index in [1.54, 1.807) is 0 Å². The maximum absolute atomic E-state index is 3.60. The Balaban J connectivity index is 1.82. The molecule has 126 valence electrons. The Morgan fingerprint density at radius 1 is 0.538 bits per heavy atom. The summed E-state index contributed by atoms with van der Waals surface area (Å²) in [5.74, 6) is 0. The van der Waals surface area contributed by atoms with Crippen LogP contribution in [-0.4, -0.2) is 0 Å². The molecule has 1 heteroatoms. The molecule has 1 nitrogen and oxygen atoms in total. The summed E-state index contributed by atoms with van der Waals surface area (Å²) in [5.41, 5.74) is 8.33. The third kappa shape index (κ3) is 3.52. The van der Waals surface area contributed by atoms with Crippen molar-refractivity contribution >= 4 is 11.4 Å². The lowest BCUT2D eigenvalue weighted by atomic mass is 9.97. The molecular formula is C25H21N. The summed E-state index contributed by atoms with van der Waals surface area (Å²) in [5, 5.41) is 3.60. The average Bonchev–Trinajstić information content (AvgIpc) is 2.69. The SMILES string of the molecule is Cc1cccc(-c2ccc(-c3ccccc3)c(Nc3ccccc3)c2)c1. The molecule has 0 aliphatic carbocycles. The maximum atomic E-state index is 3.60. The molecule has 4 aromatic carbocycles. The average molecular weight is 335 g/mol. The van der Waals surface area contributed by atoms with Crippen LogP contribution in [0.25, 0.3) is 22.3 Å². The minimum atomic E-state index is 1.09. The lowest BCUT2D eigenvalue weighted by molar-refractivity contribution is 1.46. The first kappa shape index (κ1) is 16.2. The van der Waals surface area contributed by atoms with E-state index < -0.39 is 0 Å². The Morgan fingerprint density at radius 3 is 1.92 bits per heavy atom. The normalized spacial score (nSPS) is 10.5. The Kier molecular flexibility index (Phi) is 4.53. The zero-order chi connectivity index (χ0) is 17.8. The fraction of sp³-hybridized carbons (Fsp3) is 0.0400. The highest BCUT2D eigenvalue weighted by molar-refractivity contribution is 5.85. The van der Waals surface area contributed by atoms with Gasteiger partial charge in [-0.25, -0.2) is 0 Å². The zero-order valence-electron chi connectivity index (χ0n) is 14.8. The molecule has 0 aromatic heterocycles. The van der Waals surface area contributed by atoms with Gasteiger partial charge < -0.3 is 5.32 Å². The molecule has 0 saturated carbocycles. The van der Waals surface area contributed by atoms with E-state index in [1.807, 2.05) is 6.07 Å². The summed E-state index contributed by atoms with van der Waals surface area (Å²) in [7, 11) is 0. The van der Waals surface area contributed by atoms with Crippen molar-refractivity contribution in [3.8, 4) is 22.3 Å². The van der Waals surface area contributed by atoms with Crippen LogP contribution >= 0.6 is 0 Å². The largest absolute Gasteiger partial charge is 0.355 e. The van der Waals surface area contributed by atoms with E-state index in [0.29, 0.717) is 0 Å². The molecule has 0 fully saturated rings. The third-order valence-corrected chi connectivity index (χ3v) is 4.51. The number of hydrogen-bond acceptors (Lipinski definition) is 1. The predicted octanol–water partition coefficient (Wildman–Crippen LogP) is 7.07. The lowest BCUT2D eigenvalue weighted by Gasteiger charge is -2.15. The first-order chi connectivity index (χ1) is 12.8. The Bertz CT molecular complexity index is 1000. The van der Waals surface area contributed by atoms with Crippen molar-refractivity contribution in [2.24, 2.45) is 0 Å². The molecule has 0 unspecified atom stereocenters. The van der Waals surface area contributed by atoms with Crippen molar-refractivity contribution in [3.63, 3.8) is 0 Å². The number of anilines is 2. The summed E-state index contributed by atoms with van der Waals surface area (Å²) in [4.78, 5) is 0. The van der Waals surface area contributed by atoms with Gasteiger partial charge in [0.05, 0.1) is 0 Å². The molecule has 0 atom stereocenters. The first-order valence-corrected chi connectivity index (χ1v) is 8.88. The first-order valence-electron chi connectivity index (χ1n) is 8.88. The van der Waals surface area contributed by atoms with Crippen LogP contribution in [-0.2, 0) is 0 Å². The van der Waals surface area contributed by atoms with Crippen LogP contribution < -0.4 is 5.32 Å². The minimum absolute atomic E-state index is 1.09. The molecule has 0 amide bonds. The summed E-state index contributed by atoms with van der Waals surface area (Å²) in [6.07, 6.45) is 0. The van der Waals surface area contributed by atoms with Crippen LogP contribution in [0.3, 0.4) is 0 Å². The maximum Gasteiger partial charge on any atom is 0.0470 e. The van der Waals surface area contributed by atoms with Gasteiger partial charge in [0.15, 0.2) is 0 Å². The molecule has 26 heavy (non-hydrogen) atoms. The molecule has 0 saturated heterocycles. The number of para-hydroxylation sites is 1. The van der Waals surface area contributed by atoms with Gasteiger partial charge in [0, 0.05) is 16.9 Å². The van der Waals surface area contributed by atoms with Crippen LogP contribution in [0.2, 0.25) is 0 Å². The number of hydrogen-bond donors (Lipinski definition) is 1. The summed E-state index contributed by atoms with van der Waals surface area (Å²) >= 11 is 0. The number of benzene rings is 4. The standard InChI is InChI=1S/C25H21N/c1-19-9-8-12-21(17-19)22-15-16-24(20-10-4-2-5-11-20)25(18-22)26-23-13-6-3-7-14-23/h2-18,26H,1H3. The van der Waals surface area contributed by atoms with Crippen LogP contribution in [0.1, 0.15) is 5.56 Å². The second-order valence-electron chi connectivity index (χ2n) is 6.49. The molecule has 1 N–H and O–H groups in total. The van der Waals surface area contributed by atoms with E-state index in [1.165, 1.54) is 27.8 Å². The van der Waals surface area contributed by atoms with Gasteiger partial charge in [-0.3, -0.25) is 0 Å². The Hall–Kier alpha value is -3.32. The van der Waals surface area contributed by atoms with Crippen molar-refractivity contribution in [1.82, 2.24) is 0 Å². The van der Waals surface area contributed by atoms with Crippen molar-refractivity contribution < 1.29 is 0 Å². The van der Waals surface area contributed by atoms with E-state index in [4.69, 9.17) is 0 Å². The second-order valence-corrected chi connectivity index (χ2v) is 6.49. The van der Waals surface area contributed by atoms with Crippen LogP contribution in [0.15, 0.2) is 103 Å². The van der Waals surface area contributed by atoms with Crippen molar-refractivity contribution in [2.75, 3.05) is 5.32 Å². The van der Waals surface area contributed by atoms with E-state index in [2.05, 4.69) is 109 Å². The van der Waals surface area contributed by atoms with E-state index in [-0.39, 0.29) is 0 Å².